The van der Waals surface area contributed by atoms with Crippen molar-refractivity contribution in [1.82, 2.24) is 5.32 Å². The monoisotopic (exact) mass is 487 g/mol. The van der Waals surface area contributed by atoms with Crippen LogP contribution in [0, 0.1) is 5.92 Å². The van der Waals surface area contributed by atoms with Crippen molar-refractivity contribution in [2.24, 2.45) is 5.92 Å². The number of anilines is 2. The molecule has 0 bridgehead atoms. The number of carbonyl (C=O) groups is 3. The highest BCUT2D eigenvalue weighted by molar-refractivity contribution is 6.07. The SMILES string of the molecule is COc1ccc(OC)c(N2C[C@H](C(=O)Nc3ccccc3C(=O)N[C@@H](C)c3ccccc3)CC2=O)c1. The number of hydrogen-bond donors (Lipinski definition) is 2. The summed E-state index contributed by atoms with van der Waals surface area (Å²) in [6.07, 6.45) is 0.0472. The Kier molecular flexibility index (Phi) is 7.53. The predicted molar refractivity (Wildman–Crippen MR) is 137 cm³/mol. The van der Waals surface area contributed by atoms with Crippen molar-refractivity contribution >= 4 is 29.1 Å². The molecule has 0 unspecified atom stereocenters. The van der Waals surface area contributed by atoms with Gasteiger partial charge in [-0.2, -0.15) is 0 Å². The molecule has 8 nitrogen and oxygen atoms in total. The molecular weight excluding hydrogens is 458 g/mol. The molecule has 2 atom stereocenters. The lowest BCUT2D eigenvalue weighted by Crippen LogP contribution is -2.30. The Labute approximate surface area is 210 Å². The van der Waals surface area contributed by atoms with Gasteiger partial charge in [-0.3, -0.25) is 14.4 Å². The number of ether oxygens (including phenoxy) is 2. The van der Waals surface area contributed by atoms with E-state index in [1.165, 1.54) is 12.0 Å². The van der Waals surface area contributed by atoms with Crippen molar-refractivity contribution in [2.75, 3.05) is 31.0 Å². The van der Waals surface area contributed by atoms with Crippen LogP contribution in [0.5, 0.6) is 11.5 Å². The number of amides is 3. The van der Waals surface area contributed by atoms with Gasteiger partial charge in [-0.25, -0.2) is 0 Å². The Balaban J connectivity index is 1.47. The van der Waals surface area contributed by atoms with E-state index in [0.29, 0.717) is 28.4 Å². The summed E-state index contributed by atoms with van der Waals surface area (Å²) in [6, 6.07) is 21.4. The summed E-state index contributed by atoms with van der Waals surface area (Å²) >= 11 is 0. The van der Waals surface area contributed by atoms with Gasteiger partial charge in [-0.05, 0) is 36.8 Å². The number of nitrogens with one attached hydrogen (secondary N) is 2. The number of para-hydroxylation sites is 1. The molecule has 8 heteroatoms. The van der Waals surface area contributed by atoms with Crippen LogP contribution < -0.4 is 25.0 Å². The molecule has 1 aliphatic heterocycles. The van der Waals surface area contributed by atoms with Crippen molar-refractivity contribution in [1.29, 1.82) is 0 Å². The lowest BCUT2D eigenvalue weighted by molar-refractivity contribution is -0.122. The van der Waals surface area contributed by atoms with Gasteiger partial charge in [-0.15, -0.1) is 0 Å². The first-order valence-corrected chi connectivity index (χ1v) is 11.7. The van der Waals surface area contributed by atoms with E-state index in [4.69, 9.17) is 9.47 Å². The maximum atomic E-state index is 13.2. The van der Waals surface area contributed by atoms with Gasteiger partial charge in [0, 0.05) is 19.0 Å². The smallest absolute Gasteiger partial charge is 0.253 e. The first kappa shape index (κ1) is 24.8. The molecule has 186 valence electrons. The van der Waals surface area contributed by atoms with Crippen molar-refractivity contribution < 1.29 is 23.9 Å². The number of carbonyl (C=O) groups excluding carboxylic acids is 3. The van der Waals surface area contributed by atoms with Crippen LogP contribution in [-0.2, 0) is 9.59 Å². The third-order valence-electron chi connectivity index (χ3n) is 6.25. The molecule has 0 aromatic heterocycles. The fraction of sp³-hybridized carbons (Fsp3) is 0.250. The minimum Gasteiger partial charge on any atom is -0.497 e. The molecule has 36 heavy (non-hydrogen) atoms. The minimum atomic E-state index is -0.590. The molecule has 1 fully saturated rings. The molecule has 3 amide bonds. The lowest BCUT2D eigenvalue weighted by atomic mass is 10.1. The zero-order valence-corrected chi connectivity index (χ0v) is 20.5. The first-order chi connectivity index (χ1) is 17.4. The Hall–Kier alpha value is -4.33. The molecule has 3 aromatic rings. The molecule has 1 saturated heterocycles. The largest absolute Gasteiger partial charge is 0.497 e. The quantitative estimate of drug-likeness (QED) is 0.497. The Morgan fingerprint density at radius 1 is 0.972 bits per heavy atom. The molecule has 2 N–H and O–H groups in total. The van der Waals surface area contributed by atoms with E-state index in [0.717, 1.165) is 5.56 Å². The third kappa shape index (κ3) is 5.33. The second-order valence-electron chi connectivity index (χ2n) is 8.58. The molecule has 0 radical (unpaired) electrons. The van der Waals surface area contributed by atoms with Gasteiger partial charge in [0.15, 0.2) is 0 Å². The normalized spacial score (nSPS) is 15.8. The first-order valence-electron chi connectivity index (χ1n) is 11.7. The van der Waals surface area contributed by atoms with Crippen molar-refractivity contribution in [3.63, 3.8) is 0 Å². The maximum Gasteiger partial charge on any atom is 0.253 e. The number of methoxy groups -OCH3 is 2. The Morgan fingerprint density at radius 3 is 2.42 bits per heavy atom. The molecule has 1 heterocycles. The summed E-state index contributed by atoms with van der Waals surface area (Å²) < 4.78 is 10.7. The average molecular weight is 488 g/mol. The zero-order valence-electron chi connectivity index (χ0n) is 20.5. The van der Waals surface area contributed by atoms with Gasteiger partial charge in [0.1, 0.15) is 11.5 Å². The summed E-state index contributed by atoms with van der Waals surface area (Å²) in [6.45, 7) is 2.09. The van der Waals surface area contributed by atoms with E-state index in [2.05, 4.69) is 10.6 Å². The van der Waals surface area contributed by atoms with E-state index in [9.17, 15) is 14.4 Å². The number of hydrogen-bond acceptors (Lipinski definition) is 5. The fourth-order valence-electron chi connectivity index (χ4n) is 4.25. The van der Waals surface area contributed by atoms with Gasteiger partial charge < -0.3 is 25.0 Å². The second kappa shape index (κ2) is 10.9. The van der Waals surface area contributed by atoms with E-state index in [1.54, 1.807) is 49.6 Å². The molecule has 1 aliphatic rings. The highest BCUT2D eigenvalue weighted by atomic mass is 16.5. The summed E-state index contributed by atoms with van der Waals surface area (Å²) in [5.41, 5.74) is 2.27. The van der Waals surface area contributed by atoms with Gasteiger partial charge in [-0.1, -0.05) is 42.5 Å². The highest BCUT2D eigenvalue weighted by Gasteiger charge is 2.37. The molecule has 3 aromatic carbocycles. The van der Waals surface area contributed by atoms with Gasteiger partial charge in [0.25, 0.3) is 5.91 Å². The van der Waals surface area contributed by atoms with Crippen molar-refractivity contribution in [3.05, 3.63) is 83.9 Å². The molecule has 0 saturated carbocycles. The topological polar surface area (TPSA) is 97.0 Å². The fourth-order valence-corrected chi connectivity index (χ4v) is 4.25. The van der Waals surface area contributed by atoms with Crippen LogP contribution in [0.25, 0.3) is 0 Å². The highest BCUT2D eigenvalue weighted by Crippen LogP contribution is 2.36. The molecule has 0 aliphatic carbocycles. The lowest BCUT2D eigenvalue weighted by Gasteiger charge is -2.20. The van der Waals surface area contributed by atoms with Gasteiger partial charge in [0.2, 0.25) is 11.8 Å². The van der Waals surface area contributed by atoms with Crippen LogP contribution in [0.4, 0.5) is 11.4 Å². The number of benzene rings is 3. The van der Waals surface area contributed by atoms with Crippen LogP contribution >= 0.6 is 0 Å². The molecule has 0 spiro atoms. The van der Waals surface area contributed by atoms with Crippen LogP contribution in [0.1, 0.15) is 35.3 Å². The average Bonchev–Trinajstić information content (AvgIpc) is 3.30. The summed E-state index contributed by atoms with van der Waals surface area (Å²) in [5, 5.41) is 5.83. The van der Waals surface area contributed by atoms with Gasteiger partial charge in [0.05, 0.1) is 43.1 Å². The van der Waals surface area contributed by atoms with Crippen molar-refractivity contribution in [2.45, 2.75) is 19.4 Å². The number of nitrogens with zero attached hydrogens (tertiary/aromatic N) is 1. The van der Waals surface area contributed by atoms with E-state index < -0.39 is 5.92 Å². The number of rotatable bonds is 8. The van der Waals surface area contributed by atoms with E-state index in [1.807, 2.05) is 37.3 Å². The van der Waals surface area contributed by atoms with Crippen molar-refractivity contribution in [3.8, 4) is 11.5 Å². The van der Waals surface area contributed by atoms with Gasteiger partial charge >= 0.3 is 0 Å². The summed E-state index contributed by atoms with van der Waals surface area (Å²) in [4.78, 5) is 40.5. The standard InChI is InChI=1S/C28H29N3O5/c1-18(19-9-5-4-6-10-19)29-28(34)22-11-7-8-12-23(22)30-27(33)20-15-26(32)31(17-20)24-16-21(35-2)13-14-25(24)36-3/h4-14,16,18,20H,15,17H2,1-3H3,(H,29,34)(H,30,33)/t18-,20+/m0/s1. The minimum absolute atomic E-state index is 0.0472. The molecular formula is C28H29N3O5. The van der Waals surface area contributed by atoms with Crippen LogP contribution in [-0.4, -0.2) is 38.5 Å². The Bertz CT molecular complexity index is 1260. The summed E-state index contributed by atoms with van der Waals surface area (Å²) in [5.74, 6) is -0.315. The van der Waals surface area contributed by atoms with E-state index in [-0.39, 0.29) is 36.7 Å². The summed E-state index contributed by atoms with van der Waals surface area (Å²) in [7, 11) is 3.07. The maximum absolute atomic E-state index is 13.2. The Morgan fingerprint density at radius 2 is 1.69 bits per heavy atom. The third-order valence-corrected chi connectivity index (χ3v) is 6.25. The predicted octanol–water partition coefficient (Wildman–Crippen LogP) is 4.19. The van der Waals surface area contributed by atoms with Crippen LogP contribution in [0.2, 0.25) is 0 Å². The van der Waals surface area contributed by atoms with E-state index >= 15 is 0 Å². The molecule has 4 rings (SSSR count). The second-order valence-corrected chi connectivity index (χ2v) is 8.58. The van der Waals surface area contributed by atoms with Crippen LogP contribution in [0.15, 0.2) is 72.8 Å². The van der Waals surface area contributed by atoms with Crippen LogP contribution in [0.3, 0.4) is 0 Å². The zero-order chi connectivity index (χ0) is 25.7.